The molecule has 0 unspecified atom stereocenters. The van der Waals surface area contributed by atoms with Crippen LogP contribution in [-0.4, -0.2) is 43.3 Å². The molecule has 1 aromatic heterocycles. The second-order valence-corrected chi connectivity index (χ2v) is 8.09. The molecule has 2 aromatic carbocycles. The van der Waals surface area contributed by atoms with E-state index in [1.165, 1.54) is 16.0 Å². The van der Waals surface area contributed by atoms with E-state index in [2.05, 4.69) is 37.0 Å². The van der Waals surface area contributed by atoms with Crippen molar-refractivity contribution >= 4 is 10.9 Å². The third-order valence-electron chi connectivity index (χ3n) is 6.13. The second kappa shape index (κ2) is 8.35. The standard InChI is InChI=1S/C23H28N4O2/c1-16-8-9-21(29-3)18(14-16)15-26-10-12-27(13-11-26)17(2)22-24-20-7-5-4-6-19(20)23(28)25-22/h4-9,14,17H,10-13,15H2,1-3H3,(H,24,25,28)/p+2/t17-/m0/s1. The van der Waals surface area contributed by atoms with Crippen LogP contribution in [0.1, 0.15) is 29.9 Å². The van der Waals surface area contributed by atoms with Crippen LogP contribution in [-0.2, 0) is 6.54 Å². The fraction of sp³-hybridized carbons (Fsp3) is 0.391. The van der Waals surface area contributed by atoms with Crippen molar-refractivity contribution in [1.82, 2.24) is 9.97 Å². The molecule has 2 heterocycles. The Morgan fingerprint density at radius 3 is 2.66 bits per heavy atom. The second-order valence-electron chi connectivity index (χ2n) is 8.09. The van der Waals surface area contributed by atoms with E-state index in [9.17, 15) is 4.79 Å². The SMILES string of the molecule is COc1ccc(C)cc1C[NH+]1CC[NH+]([C@@H](C)c2nc3ccccc3c(=O)[nH]2)CC1. The van der Waals surface area contributed by atoms with Gasteiger partial charge in [0.15, 0.2) is 5.82 Å². The van der Waals surface area contributed by atoms with Crippen LogP contribution in [0, 0.1) is 6.92 Å². The first kappa shape index (κ1) is 19.6. The van der Waals surface area contributed by atoms with Crippen LogP contribution in [0.3, 0.4) is 0 Å². The normalized spacial score (nSPS) is 20.5. The van der Waals surface area contributed by atoms with Crippen LogP contribution in [0.25, 0.3) is 10.9 Å². The van der Waals surface area contributed by atoms with Crippen molar-refractivity contribution < 1.29 is 14.5 Å². The number of quaternary nitrogens is 2. The Morgan fingerprint density at radius 1 is 1.14 bits per heavy atom. The van der Waals surface area contributed by atoms with Gasteiger partial charge in [-0.2, -0.15) is 0 Å². The molecule has 0 bridgehead atoms. The van der Waals surface area contributed by atoms with Gasteiger partial charge in [-0.15, -0.1) is 0 Å². The lowest BCUT2D eigenvalue weighted by Gasteiger charge is -2.33. The van der Waals surface area contributed by atoms with E-state index in [-0.39, 0.29) is 11.6 Å². The molecular formula is C23H30N4O2+2. The Hall–Kier alpha value is -2.70. The number of hydrogen-bond acceptors (Lipinski definition) is 3. The Bertz CT molecular complexity index is 1050. The first-order valence-corrected chi connectivity index (χ1v) is 10.4. The number of aryl methyl sites for hydroxylation is 1. The van der Waals surface area contributed by atoms with E-state index in [4.69, 9.17) is 9.72 Å². The molecule has 0 aliphatic carbocycles. The van der Waals surface area contributed by atoms with E-state index >= 15 is 0 Å². The lowest BCUT2D eigenvalue weighted by molar-refractivity contribution is -1.03. The quantitative estimate of drug-likeness (QED) is 0.583. The minimum absolute atomic E-state index is 0.0485. The zero-order valence-electron chi connectivity index (χ0n) is 17.4. The molecule has 1 atom stereocenters. The van der Waals surface area contributed by atoms with Crippen LogP contribution in [0.2, 0.25) is 0 Å². The van der Waals surface area contributed by atoms with E-state index in [1.807, 2.05) is 24.3 Å². The van der Waals surface area contributed by atoms with E-state index < -0.39 is 0 Å². The Morgan fingerprint density at radius 2 is 1.90 bits per heavy atom. The van der Waals surface area contributed by atoms with Crippen LogP contribution < -0.4 is 20.1 Å². The summed E-state index contributed by atoms with van der Waals surface area (Å²) in [6, 6.07) is 14.1. The lowest BCUT2D eigenvalue weighted by Crippen LogP contribution is -3.27. The van der Waals surface area contributed by atoms with Gasteiger partial charge in [-0.3, -0.25) is 4.79 Å². The molecule has 6 nitrogen and oxygen atoms in total. The summed E-state index contributed by atoms with van der Waals surface area (Å²) in [5.41, 5.74) is 3.27. The monoisotopic (exact) mass is 394 g/mol. The number of piperazine rings is 1. The number of benzene rings is 2. The molecule has 1 aliphatic heterocycles. The molecule has 0 radical (unpaired) electrons. The highest BCUT2D eigenvalue weighted by atomic mass is 16.5. The van der Waals surface area contributed by atoms with Crippen molar-refractivity contribution in [2.45, 2.75) is 26.4 Å². The smallest absolute Gasteiger partial charge is 0.258 e. The van der Waals surface area contributed by atoms with E-state index in [0.29, 0.717) is 5.39 Å². The number of methoxy groups -OCH3 is 1. The largest absolute Gasteiger partial charge is 0.496 e. The van der Waals surface area contributed by atoms with Gasteiger partial charge in [0, 0.05) is 5.56 Å². The molecule has 4 rings (SSSR count). The van der Waals surface area contributed by atoms with Crippen molar-refractivity contribution in [3.8, 4) is 5.75 Å². The number of nitrogens with one attached hydrogen (secondary N) is 3. The van der Waals surface area contributed by atoms with Crippen molar-refractivity contribution in [2.24, 2.45) is 0 Å². The molecule has 0 amide bonds. The van der Waals surface area contributed by atoms with Gasteiger partial charge in [0.2, 0.25) is 0 Å². The number of hydrogen-bond donors (Lipinski definition) is 3. The fourth-order valence-corrected chi connectivity index (χ4v) is 4.35. The predicted molar refractivity (Wildman–Crippen MR) is 114 cm³/mol. The number of aromatic nitrogens is 2. The average Bonchev–Trinajstić information content (AvgIpc) is 2.74. The molecule has 0 saturated carbocycles. The first-order valence-electron chi connectivity index (χ1n) is 10.4. The number of rotatable bonds is 5. The summed E-state index contributed by atoms with van der Waals surface area (Å²) in [5.74, 6) is 1.76. The van der Waals surface area contributed by atoms with Gasteiger partial charge in [0.25, 0.3) is 5.56 Å². The first-order chi connectivity index (χ1) is 14.0. The summed E-state index contributed by atoms with van der Waals surface area (Å²) >= 11 is 0. The van der Waals surface area contributed by atoms with Gasteiger partial charge in [-0.1, -0.05) is 23.8 Å². The number of nitrogens with zero attached hydrogens (tertiary/aromatic N) is 1. The number of fused-ring (bicyclic) bond motifs is 1. The van der Waals surface area contributed by atoms with Crippen molar-refractivity contribution in [2.75, 3.05) is 33.3 Å². The van der Waals surface area contributed by atoms with Crippen molar-refractivity contribution in [3.63, 3.8) is 0 Å². The molecule has 152 valence electrons. The van der Waals surface area contributed by atoms with Gasteiger partial charge in [0.1, 0.15) is 44.5 Å². The topological polar surface area (TPSA) is 63.9 Å². The maximum absolute atomic E-state index is 12.4. The van der Waals surface area contributed by atoms with Gasteiger partial charge in [-0.25, -0.2) is 4.98 Å². The van der Waals surface area contributed by atoms with Crippen molar-refractivity contribution in [1.29, 1.82) is 0 Å². The minimum atomic E-state index is -0.0485. The van der Waals surface area contributed by atoms with Gasteiger partial charge < -0.3 is 19.5 Å². The molecule has 1 fully saturated rings. The maximum atomic E-state index is 12.4. The van der Waals surface area contributed by atoms with Crippen LogP contribution in [0.15, 0.2) is 47.3 Å². The molecule has 1 aliphatic rings. The van der Waals surface area contributed by atoms with Gasteiger partial charge in [-0.05, 0) is 38.1 Å². The molecule has 6 heteroatoms. The molecular weight excluding hydrogens is 364 g/mol. The fourth-order valence-electron chi connectivity index (χ4n) is 4.35. The summed E-state index contributed by atoms with van der Waals surface area (Å²) in [6.45, 7) is 9.57. The summed E-state index contributed by atoms with van der Waals surface area (Å²) in [5, 5.41) is 0.653. The van der Waals surface area contributed by atoms with Crippen LogP contribution in [0.5, 0.6) is 5.75 Å². The molecule has 0 spiro atoms. The number of para-hydroxylation sites is 1. The minimum Gasteiger partial charge on any atom is -0.496 e. The molecule has 3 aromatic rings. The predicted octanol–water partition coefficient (Wildman–Crippen LogP) is 0.285. The van der Waals surface area contributed by atoms with Crippen LogP contribution in [0.4, 0.5) is 0 Å². The number of H-pyrrole nitrogens is 1. The summed E-state index contributed by atoms with van der Waals surface area (Å²) in [7, 11) is 1.74. The average molecular weight is 395 g/mol. The molecule has 1 saturated heterocycles. The summed E-state index contributed by atoms with van der Waals surface area (Å²) in [6.07, 6.45) is 0. The zero-order valence-corrected chi connectivity index (χ0v) is 17.4. The third kappa shape index (κ3) is 4.18. The van der Waals surface area contributed by atoms with Gasteiger partial charge in [0.05, 0.1) is 18.0 Å². The summed E-state index contributed by atoms with van der Waals surface area (Å²) in [4.78, 5) is 23.2. The van der Waals surface area contributed by atoms with Gasteiger partial charge >= 0.3 is 0 Å². The molecule has 29 heavy (non-hydrogen) atoms. The Balaban J connectivity index is 1.43. The van der Waals surface area contributed by atoms with E-state index in [0.717, 1.165) is 49.8 Å². The Labute approximate surface area is 171 Å². The highest BCUT2D eigenvalue weighted by Crippen LogP contribution is 2.18. The highest BCUT2D eigenvalue weighted by molar-refractivity contribution is 5.77. The zero-order chi connectivity index (χ0) is 20.4. The number of aromatic amines is 1. The lowest BCUT2D eigenvalue weighted by atomic mass is 10.1. The molecule has 3 N–H and O–H groups in total. The number of ether oxygens (including phenoxy) is 1. The maximum Gasteiger partial charge on any atom is 0.258 e. The third-order valence-corrected chi connectivity index (χ3v) is 6.13. The van der Waals surface area contributed by atoms with Crippen molar-refractivity contribution in [3.05, 3.63) is 69.8 Å². The summed E-state index contributed by atoms with van der Waals surface area (Å²) < 4.78 is 5.54. The highest BCUT2D eigenvalue weighted by Gasteiger charge is 2.29. The van der Waals surface area contributed by atoms with Crippen LogP contribution >= 0.6 is 0 Å². The Kier molecular flexibility index (Phi) is 5.65. The van der Waals surface area contributed by atoms with E-state index in [1.54, 1.807) is 12.0 Å².